The minimum atomic E-state index is 0.379. The largest absolute Gasteiger partial charge is 0.508 e. The molecule has 2 aromatic rings. The monoisotopic (exact) mass is 279 g/mol. The topological polar surface area (TPSA) is 32.3 Å². The Bertz CT molecular complexity index is 662. The number of aromatic hydroxyl groups is 1. The van der Waals surface area contributed by atoms with Gasteiger partial charge in [0.1, 0.15) is 5.75 Å². The summed E-state index contributed by atoms with van der Waals surface area (Å²) >= 11 is 0. The summed E-state index contributed by atoms with van der Waals surface area (Å²) in [6.45, 7) is 3.23. The number of hydrogen-bond acceptors (Lipinski definition) is 2. The molecule has 0 amide bonds. The normalized spacial score (nSPS) is 27.2. The molecule has 0 radical (unpaired) electrons. The van der Waals surface area contributed by atoms with Crippen LogP contribution < -0.4 is 5.32 Å². The van der Waals surface area contributed by atoms with E-state index in [1.807, 2.05) is 12.1 Å². The zero-order chi connectivity index (χ0) is 14.4. The average molecular weight is 279 g/mol. The molecule has 21 heavy (non-hydrogen) atoms. The van der Waals surface area contributed by atoms with Crippen molar-refractivity contribution in [3.8, 4) is 5.75 Å². The Morgan fingerprint density at radius 2 is 1.86 bits per heavy atom. The van der Waals surface area contributed by atoms with Crippen molar-refractivity contribution in [1.82, 2.24) is 5.32 Å². The molecule has 0 saturated carbocycles. The van der Waals surface area contributed by atoms with E-state index in [1.165, 1.54) is 35.1 Å². The molecule has 1 fully saturated rings. The third-order valence-electron chi connectivity index (χ3n) is 5.11. The van der Waals surface area contributed by atoms with E-state index in [0.717, 1.165) is 6.54 Å². The van der Waals surface area contributed by atoms with E-state index in [1.54, 1.807) is 0 Å². The van der Waals surface area contributed by atoms with Crippen LogP contribution in [0.1, 0.15) is 47.1 Å². The minimum Gasteiger partial charge on any atom is -0.508 e. The molecule has 1 aliphatic carbocycles. The molecule has 3 atom stereocenters. The van der Waals surface area contributed by atoms with E-state index in [2.05, 4.69) is 42.6 Å². The third-order valence-corrected chi connectivity index (χ3v) is 5.11. The van der Waals surface area contributed by atoms with Crippen LogP contribution in [0, 0.1) is 12.8 Å². The van der Waals surface area contributed by atoms with Gasteiger partial charge in [0, 0.05) is 12.0 Å². The van der Waals surface area contributed by atoms with Crippen LogP contribution in [0.2, 0.25) is 0 Å². The Balaban J connectivity index is 1.85. The number of piperidine rings is 1. The van der Waals surface area contributed by atoms with E-state index in [0.29, 0.717) is 23.6 Å². The van der Waals surface area contributed by atoms with E-state index < -0.39 is 0 Å². The SMILES string of the molecule is Cc1ccc([C@H]2c3cc(O)ccc3[C@H]3NCCC[C@@H]23)cc1. The fraction of sp³-hybridized carbons (Fsp3) is 0.368. The van der Waals surface area contributed by atoms with Gasteiger partial charge in [-0.15, -0.1) is 0 Å². The summed E-state index contributed by atoms with van der Waals surface area (Å²) in [4.78, 5) is 0. The van der Waals surface area contributed by atoms with Crippen molar-refractivity contribution in [2.75, 3.05) is 6.54 Å². The number of phenols is 1. The maximum atomic E-state index is 9.92. The first-order valence-electron chi connectivity index (χ1n) is 7.87. The van der Waals surface area contributed by atoms with Crippen molar-refractivity contribution in [2.24, 2.45) is 5.92 Å². The van der Waals surface area contributed by atoms with Gasteiger partial charge in [0.2, 0.25) is 0 Å². The molecule has 2 heteroatoms. The maximum Gasteiger partial charge on any atom is 0.115 e. The predicted molar refractivity (Wildman–Crippen MR) is 84.6 cm³/mol. The van der Waals surface area contributed by atoms with Crippen molar-refractivity contribution in [1.29, 1.82) is 0 Å². The molecule has 2 nitrogen and oxygen atoms in total. The second-order valence-corrected chi connectivity index (χ2v) is 6.44. The van der Waals surface area contributed by atoms with E-state index in [4.69, 9.17) is 0 Å². The molecule has 1 saturated heterocycles. The zero-order valence-electron chi connectivity index (χ0n) is 12.3. The Kier molecular flexibility index (Phi) is 3.00. The standard InChI is InChI=1S/C19H21NO/c1-12-4-6-13(7-5-12)18-16-3-2-10-20-19(16)15-9-8-14(21)11-17(15)18/h4-9,11,16,18-21H,2-3,10H2,1H3/t16-,18+,19+/m0/s1. The van der Waals surface area contributed by atoms with Gasteiger partial charge in [0.05, 0.1) is 0 Å². The van der Waals surface area contributed by atoms with E-state index >= 15 is 0 Å². The van der Waals surface area contributed by atoms with Crippen molar-refractivity contribution >= 4 is 0 Å². The van der Waals surface area contributed by atoms with Gasteiger partial charge in [-0.1, -0.05) is 35.9 Å². The Hall–Kier alpha value is -1.80. The van der Waals surface area contributed by atoms with Gasteiger partial charge < -0.3 is 10.4 Å². The smallest absolute Gasteiger partial charge is 0.115 e. The fourth-order valence-corrected chi connectivity index (χ4v) is 4.16. The molecule has 108 valence electrons. The van der Waals surface area contributed by atoms with Crippen molar-refractivity contribution in [2.45, 2.75) is 31.7 Å². The highest BCUT2D eigenvalue weighted by Crippen LogP contribution is 2.52. The van der Waals surface area contributed by atoms with Crippen LogP contribution in [0.25, 0.3) is 0 Å². The highest BCUT2D eigenvalue weighted by Gasteiger charge is 2.42. The molecular formula is C19H21NO. The molecular weight excluding hydrogens is 258 g/mol. The van der Waals surface area contributed by atoms with Crippen LogP contribution in [0.5, 0.6) is 5.75 Å². The summed E-state index contributed by atoms with van der Waals surface area (Å²) < 4.78 is 0. The average Bonchev–Trinajstić information content (AvgIpc) is 2.82. The molecule has 2 N–H and O–H groups in total. The number of benzene rings is 2. The number of rotatable bonds is 1. The molecule has 1 heterocycles. The lowest BCUT2D eigenvalue weighted by Gasteiger charge is -2.31. The first kappa shape index (κ1) is 12.9. The Morgan fingerprint density at radius 1 is 1.05 bits per heavy atom. The number of fused-ring (bicyclic) bond motifs is 3. The van der Waals surface area contributed by atoms with Gasteiger partial charge in [0.15, 0.2) is 0 Å². The first-order valence-corrected chi connectivity index (χ1v) is 7.87. The highest BCUT2D eigenvalue weighted by atomic mass is 16.3. The summed E-state index contributed by atoms with van der Waals surface area (Å²) in [7, 11) is 0. The van der Waals surface area contributed by atoms with Crippen LogP contribution in [0.15, 0.2) is 42.5 Å². The summed E-state index contributed by atoms with van der Waals surface area (Å²) in [5.74, 6) is 1.40. The van der Waals surface area contributed by atoms with Crippen molar-refractivity contribution in [3.05, 3.63) is 64.7 Å². The zero-order valence-corrected chi connectivity index (χ0v) is 12.3. The van der Waals surface area contributed by atoms with Crippen LogP contribution >= 0.6 is 0 Å². The molecule has 2 aromatic carbocycles. The number of hydrogen-bond donors (Lipinski definition) is 2. The van der Waals surface area contributed by atoms with Gasteiger partial charge in [-0.05, 0) is 61.1 Å². The molecule has 4 rings (SSSR count). The summed E-state index contributed by atoms with van der Waals surface area (Å²) in [5.41, 5.74) is 5.36. The minimum absolute atomic E-state index is 0.379. The summed E-state index contributed by atoms with van der Waals surface area (Å²) in [6.07, 6.45) is 2.50. The van der Waals surface area contributed by atoms with E-state index in [9.17, 15) is 5.11 Å². The fourth-order valence-electron chi connectivity index (χ4n) is 4.16. The van der Waals surface area contributed by atoms with Gasteiger partial charge in [0.25, 0.3) is 0 Å². The second kappa shape index (κ2) is 4.88. The van der Waals surface area contributed by atoms with E-state index in [-0.39, 0.29) is 0 Å². The van der Waals surface area contributed by atoms with Crippen LogP contribution in [0.3, 0.4) is 0 Å². The molecule has 0 bridgehead atoms. The van der Waals surface area contributed by atoms with Crippen LogP contribution in [-0.2, 0) is 0 Å². The molecule has 0 aromatic heterocycles. The second-order valence-electron chi connectivity index (χ2n) is 6.44. The molecule has 0 unspecified atom stereocenters. The lowest BCUT2D eigenvalue weighted by atomic mass is 9.80. The van der Waals surface area contributed by atoms with Crippen LogP contribution in [0.4, 0.5) is 0 Å². The van der Waals surface area contributed by atoms with Gasteiger partial charge in [-0.2, -0.15) is 0 Å². The number of nitrogens with one attached hydrogen (secondary N) is 1. The Labute approximate surface area is 125 Å². The molecule has 0 spiro atoms. The highest BCUT2D eigenvalue weighted by molar-refractivity contribution is 5.49. The van der Waals surface area contributed by atoms with Crippen molar-refractivity contribution in [3.63, 3.8) is 0 Å². The quantitative estimate of drug-likeness (QED) is 0.830. The van der Waals surface area contributed by atoms with Gasteiger partial charge in [-0.3, -0.25) is 0 Å². The lowest BCUT2D eigenvalue weighted by Crippen LogP contribution is -2.32. The van der Waals surface area contributed by atoms with Crippen molar-refractivity contribution < 1.29 is 5.11 Å². The number of phenolic OH excluding ortho intramolecular Hbond substituents is 1. The maximum absolute atomic E-state index is 9.92. The third kappa shape index (κ3) is 2.06. The first-order chi connectivity index (χ1) is 10.2. The summed E-state index contributed by atoms with van der Waals surface area (Å²) in [5, 5.41) is 13.6. The Morgan fingerprint density at radius 3 is 2.67 bits per heavy atom. The summed E-state index contributed by atoms with van der Waals surface area (Å²) in [6, 6.07) is 15.2. The molecule has 2 aliphatic rings. The van der Waals surface area contributed by atoms with Crippen LogP contribution in [-0.4, -0.2) is 11.7 Å². The molecule has 1 aliphatic heterocycles. The predicted octanol–water partition coefficient (Wildman–Crippen LogP) is 3.89. The number of aryl methyl sites for hydroxylation is 1. The van der Waals surface area contributed by atoms with Gasteiger partial charge in [-0.25, -0.2) is 0 Å². The lowest BCUT2D eigenvalue weighted by molar-refractivity contribution is 0.287. The van der Waals surface area contributed by atoms with Gasteiger partial charge >= 0.3 is 0 Å².